The van der Waals surface area contributed by atoms with Crippen LogP contribution >= 0.6 is 69.0 Å². The van der Waals surface area contributed by atoms with E-state index < -0.39 is 0 Å². The number of hydrogen-bond acceptors (Lipinski definition) is 7. The SMILES string of the molecule is CCn1c(=O)/c(=C2\Sc3cc(Cl)ccc3N2C)s/c1=C\c1scc[n+]1Cc1cnc(Cl)s1. The number of aromatic nitrogens is 3. The van der Waals surface area contributed by atoms with E-state index in [-0.39, 0.29) is 5.56 Å². The van der Waals surface area contributed by atoms with Crippen LogP contribution in [0.1, 0.15) is 16.8 Å². The Balaban J connectivity index is 1.61. The minimum atomic E-state index is 0.0364. The number of thioether (sulfide) groups is 1. The lowest BCUT2D eigenvalue weighted by molar-refractivity contribution is -0.684. The number of thiazole rings is 3. The van der Waals surface area contributed by atoms with Crippen molar-refractivity contribution in [3.8, 4) is 0 Å². The summed E-state index contributed by atoms with van der Waals surface area (Å²) in [5, 5.41) is 4.75. The Hall–Kier alpha value is -1.62. The summed E-state index contributed by atoms with van der Waals surface area (Å²) >= 11 is 18.4. The van der Waals surface area contributed by atoms with Crippen LogP contribution in [0.25, 0.3) is 11.1 Å². The third-order valence-electron chi connectivity index (χ3n) is 5.03. The fraction of sp³-hybridized carbons (Fsp3) is 0.190. The Kier molecular flexibility index (Phi) is 6.21. The maximum atomic E-state index is 13.3. The van der Waals surface area contributed by atoms with Gasteiger partial charge in [-0.3, -0.25) is 9.36 Å². The van der Waals surface area contributed by atoms with Crippen molar-refractivity contribution < 1.29 is 4.57 Å². The molecule has 11 heteroatoms. The van der Waals surface area contributed by atoms with Gasteiger partial charge < -0.3 is 4.90 Å². The van der Waals surface area contributed by atoms with Crippen molar-refractivity contribution in [2.45, 2.75) is 24.9 Å². The molecular formula is C21H17Cl2N4OS4+. The van der Waals surface area contributed by atoms with Crippen LogP contribution in [0.15, 0.2) is 45.7 Å². The lowest BCUT2D eigenvalue weighted by Crippen LogP contribution is -2.36. The molecule has 0 amide bonds. The van der Waals surface area contributed by atoms with Gasteiger partial charge in [-0.25, -0.2) is 4.98 Å². The van der Waals surface area contributed by atoms with Crippen molar-refractivity contribution in [1.82, 2.24) is 9.55 Å². The summed E-state index contributed by atoms with van der Waals surface area (Å²) in [7, 11) is 1.99. The first-order chi connectivity index (χ1) is 15.4. The van der Waals surface area contributed by atoms with E-state index in [4.69, 9.17) is 23.2 Å². The monoisotopic (exact) mass is 539 g/mol. The molecule has 3 aromatic heterocycles. The van der Waals surface area contributed by atoms with E-state index in [1.54, 1.807) is 29.3 Å². The molecule has 0 radical (unpaired) electrons. The van der Waals surface area contributed by atoms with Crippen LogP contribution in [0.3, 0.4) is 0 Å². The quantitative estimate of drug-likeness (QED) is 0.364. The fourth-order valence-electron chi connectivity index (χ4n) is 3.49. The zero-order valence-electron chi connectivity index (χ0n) is 17.0. The highest BCUT2D eigenvalue weighted by Gasteiger charge is 2.25. The molecule has 4 aromatic rings. The predicted octanol–water partition coefficient (Wildman–Crippen LogP) is 4.23. The van der Waals surface area contributed by atoms with E-state index >= 15 is 0 Å². The Labute approximate surface area is 210 Å². The minimum absolute atomic E-state index is 0.0364. The van der Waals surface area contributed by atoms with Gasteiger partial charge >= 0.3 is 0 Å². The number of benzene rings is 1. The van der Waals surface area contributed by atoms with E-state index in [9.17, 15) is 4.79 Å². The number of nitrogens with zero attached hydrogens (tertiary/aromatic N) is 4. The molecule has 0 aliphatic carbocycles. The minimum Gasteiger partial charge on any atom is -0.337 e. The summed E-state index contributed by atoms with van der Waals surface area (Å²) in [6.07, 6.45) is 5.94. The van der Waals surface area contributed by atoms with Gasteiger partial charge in [-0.15, -0.1) is 22.7 Å². The summed E-state index contributed by atoms with van der Waals surface area (Å²) in [5.41, 5.74) is 1.10. The third-order valence-corrected chi connectivity index (χ3v) is 9.68. The molecule has 1 aliphatic rings. The molecule has 0 N–H and O–H groups in total. The van der Waals surface area contributed by atoms with Crippen LogP contribution in [0.2, 0.25) is 9.49 Å². The second-order valence-electron chi connectivity index (χ2n) is 6.99. The highest BCUT2D eigenvalue weighted by atomic mass is 35.5. The standard InChI is InChI=1S/C21H17Cl2N4OS4/c1-3-27-17(9-16-26(6-7-29-16)11-13-10-24-21(23)30-13)32-18(19(27)28)20-25(2)14-5-4-12(22)8-15(14)31-20/h4-10H,3,11H2,1-2H3/q+1/b20-18+. The smallest absolute Gasteiger partial charge is 0.271 e. The van der Waals surface area contributed by atoms with Crippen LogP contribution in [0.5, 0.6) is 0 Å². The van der Waals surface area contributed by atoms with Crippen LogP contribution in [-0.4, -0.2) is 16.6 Å². The molecular weight excluding hydrogens is 523 g/mol. The third kappa shape index (κ3) is 4.06. The van der Waals surface area contributed by atoms with E-state index in [1.807, 2.05) is 48.3 Å². The zero-order valence-corrected chi connectivity index (χ0v) is 21.8. The molecule has 0 saturated heterocycles. The lowest BCUT2D eigenvalue weighted by atomic mass is 10.3. The van der Waals surface area contributed by atoms with E-state index in [0.717, 1.165) is 34.7 Å². The topological polar surface area (TPSA) is 42.0 Å². The van der Waals surface area contributed by atoms with Gasteiger partial charge in [-0.1, -0.05) is 46.3 Å². The van der Waals surface area contributed by atoms with Gasteiger partial charge in [0, 0.05) is 29.7 Å². The maximum Gasteiger partial charge on any atom is 0.271 e. The molecule has 0 saturated carbocycles. The van der Waals surface area contributed by atoms with Gasteiger partial charge in [-0.05, 0) is 25.1 Å². The molecule has 0 bridgehead atoms. The van der Waals surface area contributed by atoms with Gasteiger partial charge in [0.05, 0.1) is 22.0 Å². The Morgan fingerprint density at radius 2 is 2.09 bits per heavy atom. The van der Waals surface area contributed by atoms with Crippen LogP contribution in [-0.2, 0) is 13.1 Å². The fourth-order valence-corrected chi connectivity index (χ4v) is 8.06. The molecule has 0 spiro atoms. The van der Waals surface area contributed by atoms with Crippen molar-refractivity contribution in [2.24, 2.45) is 0 Å². The van der Waals surface area contributed by atoms with Crippen LogP contribution < -0.4 is 24.2 Å². The molecule has 5 nitrogen and oxygen atoms in total. The van der Waals surface area contributed by atoms with Crippen molar-refractivity contribution in [3.63, 3.8) is 0 Å². The van der Waals surface area contributed by atoms with Gasteiger partial charge in [0.15, 0.2) is 17.2 Å². The number of hydrogen-bond donors (Lipinski definition) is 0. The second kappa shape index (κ2) is 8.96. The summed E-state index contributed by atoms with van der Waals surface area (Å²) in [6, 6.07) is 5.82. The van der Waals surface area contributed by atoms with E-state index in [0.29, 0.717) is 22.6 Å². The summed E-state index contributed by atoms with van der Waals surface area (Å²) < 4.78 is 6.21. The van der Waals surface area contributed by atoms with Gasteiger partial charge in [0.1, 0.15) is 14.2 Å². The highest BCUT2D eigenvalue weighted by molar-refractivity contribution is 8.08. The average molecular weight is 541 g/mol. The average Bonchev–Trinajstić information content (AvgIpc) is 3.51. The predicted molar refractivity (Wildman–Crippen MR) is 137 cm³/mol. The largest absolute Gasteiger partial charge is 0.337 e. The van der Waals surface area contributed by atoms with Gasteiger partial charge in [0.2, 0.25) is 0 Å². The van der Waals surface area contributed by atoms with Crippen LogP contribution in [0.4, 0.5) is 5.69 Å². The Morgan fingerprint density at radius 3 is 2.84 bits per heavy atom. The van der Waals surface area contributed by atoms with Crippen molar-refractivity contribution >= 4 is 85.8 Å². The number of rotatable bonds is 4. The number of fused-ring (bicyclic) bond motifs is 1. The molecule has 0 fully saturated rings. The van der Waals surface area contributed by atoms with Crippen molar-refractivity contribution in [1.29, 1.82) is 0 Å². The number of halogens is 2. The summed E-state index contributed by atoms with van der Waals surface area (Å²) in [5.74, 6) is 0. The van der Waals surface area contributed by atoms with Crippen LogP contribution in [0, 0.1) is 0 Å². The van der Waals surface area contributed by atoms with E-state index in [2.05, 4.69) is 20.5 Å². The first-order valence-corrected chi connectivity index (χ1v) is 13.8. The van der Waals surface area contributed by atoms with E-state index in [1.165, 1.54) is 22.7 Å². The second-order valence-corrected chi connectivity index (χ2v) is 12.1. The zero-order chi connectivity index (χ0) is 22.4. The maximum absolute atomic E-state index is 13.3. The molecule has 0 unspecified atom stereocenters. The first kappa shape index (κ1) is 22.2. The molecule has 164 valence electrons. The van der Waals surface area contributed by atoms with Gasteiger partial charge in [-0.2, -0.15) is 4.57 Å². The Bertz CT molecular complexity index is 1500. The van der Waals surface area contributed by atoms with Crippen molar-refractivity contribution in [3.05, 3.63) is 74.9 Å². The molecule has 4 heterocycles. The number of anilines is 1. The molecule has 5 rings (SSSR count). The normalized spacial score (nSPS) is 15.6. The van der Waals surface area contributed by atoms with Crippen molar-refractivity contribution in [2.75, 3.05) is 11.9 Å². The Morgan fingerprint density at radius 1 is 1.25 bits per heavy atom. The highest BCUT2D eigenvalue weighted by Crippen LogP contribution is 2.46. The van der Waals surface area contributed by atoms with Gasteiger partial charge in [0.25, 0.3) is 10.6 Å². The molecule has 32 heavy (non-hydrogen) atoms. The first-order valence-electron chi connectivity index (χ1n) is 9.68. The molecule has 1 aliphatic heterocycles. The lowest BCUT2D eigenvalue weighted by Gasteiger charge is -2.12. The molecule has 0 atom stereocenters. The summed E-state index contributed by atoms with van der Waals surface area (Å²) in [6.45, 7) is 3.31. The molecule has 1 aromatic carbocycles. The summed E-state index contributed by atoms with van der Waals surface area (Å²) in [4.78, 5) is 21.7.